The van der Waals surface area contributed by atoms with Crippen LogP contribution in [-0.4, -0.2) is 30.6 Å². The fourth-order valence-electron chi connectivity index (χ4n) is 6.86. The highest BCUT2D eigenvalue weighted by atomic mass is 32.1. The van der Waals surface area contributed by atoms with E-state index in [0.29, 0.717) is 12.8 Å². The maximum Gasteiger partial charge on any atom is 0.303 e. The second kappa shape index (κ2) is 14.9. The van der Waals surface area contributed by atoms with E-state index in [9.17, 15) is 9.90 Å². The first-order valence-electron chi connectivity index (χ1n) is 16.3. The molecule has 6 heteroatoms. The zero-order valence-electron chi connectivity index (χ0n) is 27.1. The zero-order valence-corrected chi connectivity index (χ0v) is 29.0. The minimum atomic E-state index is -2.89. The van der Waals surface area contributed by atoms with Crippen LogP contribution < -0.4 is 10.4 Å². The van der Waals surface area contributed by atoms with Crippen molar-refractivity contribution in [2.45, 2.75) is 70.1 Å². The molecule has 1 aliphatic rings. The summed E-state index contributed by atoms with van der Waals surface area (Å²) in [5, 5.41) is 23.6. The molecule has 2 N–H and O–H groups in total. The van der Waals surface area contributed by atoms with Crippen LogP contribution in [0.4, 0.5) is 0 Å². The fraction of sp³-hybridized carbons (Fsp3) is 0.325. The summed E-state index contributed by atoms with van der Waals surface area (Å²) in [5.41, 5.74) is 1.06. The summed E-state index contributed by atoms with van der Waals surface area (Å²) in [6.07, 6.45) is 10.6. The molecule has 0 aliphatic heterocycles. The van der Waals surface area contributed by atoms with Gasteiger partial charge in [0, 0.05) is 21.9 Å². The van der Waals surface area contributed by atoms with Gasteiger partial charge in [-0.2, -0.15) is 0 Å². The van der Waals surface area contributed by atoms with Crippen molar-refractivity contribution in [2.75, 3.05) is 0 Å². The van der Waals surface area contributed by atoms with Crippen molar-refractivity contribution in [2.24, 2.45) is 11.8 Å². The van der Waals surface area contributed by atoms with Gasteiger partial charge in [0.15, 0.2) is 0 Å². The third-order valence-electron chi connectivity index (χ3n) is 9.18. The number of rotatable bonds is 13. The summed E-state index contributed by atoms with van der Waals surface area (Å²) in [7, 11) is -2.89. The number of thiophene rings is 1. The van der Waals surface area contributed by atoms with Gasteiger partial charge in [0.25, 0.3) is 8.32 Å². The highest BCUT2D eigenvalue weighted by Crippen LogP contribution is 2.44. The number of aliphatic carboxylic acids is 1. The van der Waals surface area contributed by atoms with E-state index in [1.807, 2.05) is 0 Å². The molecule has 0 spiro atoms. The van der Waals surface area contributed by atoms with E-state index in [-0.39, 0.29) is 29.4 Å². The van der Waals surface area contributed by atoms with Crippen molar-refractivity contribution < 1.29 is 19.4 Å². The Labute approximate surface area is 278 Å². The lowest BCUT2D eigenvalue weighted by Gasteiger charge is -2.44. The summed E-state index contributed by atoms with van der Waals surface area (Å²) >= 11 is 1.77. The molecule has 1 saturated carbocycles. The molecule has 240 valence electrons. The third-order valence-corrected chi connectivity index (χ3v) is 15.4. The summed E-state index contributed by atoms with van der Waals surface area (Å²) in [5.74, 6) is -0.743. The van der Waals surface area contributed by atoms with Crippen molar-refractivity contribution in [1.29, 1.82) is 0 Å². The van der Waals surface area contributed by atoms with Crippen molar-refractivity contribution in [3.05, 3.63) is 132 Å². The van der Waals surface area contributed by atoms with Crippen LogP contribution in [-0.2, 0) is 9.22 Å². The van der Waals surface area contributed by atoms with Gasteiger partial charge in [0.05, 0.1) is 12.2 Å². The van der Waals surface area contributed by atoms with E-state index in [1.54, 1.807) is 11.3 Å². The standard InChI is InChI=1S/C40H46O4SSi/c1-29-27-35(41)34(33(29)22-13-5-6-14-24-39(42)43)25-26-36(38-28-30-17-15-16-23-37(30)45-38)44-46(40(2,3)4,31-18-9-7-10-19-31)32-20-11-8-12-21-32/h5,7-13,15-21,23,25-26,28,33-36,41H,1,6,14,22,24,27H2,2-4H3,(H,42,43)/t33-,34+,35+,36?/m0/s1. The number of hydrogen-bond donors (Lipinski definition) is 2. The number of allylic oxidation sites excluding steroid dienone is 2. The Morgan fingerprint density at radius 2 is 1.63 bits per heavy atom. The number of unbranched alkanes of at least 4 members (excludes halogenated alkanes) is 1. The lowest BCUT2D eigenvalue weighted by Crippen LogP contribution is -2.66. The van der Waals surface area contributed by atoms with Crippen LogP contribution in [0.5, 0.6) is 0 Å². The van der Waals surface area contributed by atoms with Gasteiger partial charge in [-0.05, 0) is 64.5 Å². The predicted molar refractivity (Wildman–Crippen MR) is 194 cm³/mol. The van der Waals surface area contributed by atoms with Gasteiger partial charge >= 0.3 is 5.97 Å². The number of carboxylic acids is 1. The molecular weight excluding hydrogens is 605 g/mol. The third kappa shape index (κ3) is 7.53. The zero-order chi connectivity index (χ0) is 32.7. The van der Waals surface area contributed by atoms with E-state index >= 15 is 0 Å². The van der Waals surface area contributed by atoms with Crippen LogP contribution in [0.25, 0.3) is 10.1 Å². The van der Waals surface area contributed by atoms with E-state index < -0.39 is 20.4 Å². The monoisotopic (exact) mass is 650 g/mol. The Kier molecular flexibility index (Phi) is 11.0. The second-order valence-electron chi connectivity index (χ2n) is 13.4. The number of carboxylic acid groups (broad SMARTS) is 1. The first kappa shape index (κ1) is 33.8. The van der Waals surface area contributed by atoms with Crippen LogP contribution in [0.3, 0.4) is 0 Å². The van der Waals surface area contributed by atoms with E-state index in [1.165, 1.54) is 20.5 Å². The minimum absolute atomic E-state index is 0.0872. The first-order chi connectivity index (χ1) is 22.1. The molecule has 1 aromatic heterocycles. The first-order valence-corrected chi connectivity index (χ1v) is 19.0. The van der Waals surface area contributed by atoms with Crippen molar-refractivity contribution in [3.8, 4) is 0 Å². The molecule has 1 aliphatic carbocycles. The molecule has 0 saturated heterocycles. The van der Waals surface area contributed by atoms with Crippen LogP contribution in [0, 0.1) is 11.8 Å². The average Bonchev–Trinajstić information content (AvgIpc) is 3.58. The largest absolute Gasteiger partial charge is 0.481 e. The molecule has 4 aromatic rings. The molecular formula is C40H46O4SSi. The summed E-state index contributed by atoms with van der Waals surface area (Å²) in [6, 6.07) is 32.2. The number of hydrogen-bond acceptors (Lipinski definition) is 4. The Morgan fingerprint density at radius 3 is 2.24 bits per heavy atom. The van der Waals surface area contributed by atoms with Gasteiger partial charge in [-0.15, -0.1) is 11.3 Å². The Bertz CT molecular complexity index is 1600. The van der Waals surface area contributed by atoms with Crippen LogP contribution >= 0.6 is 11.3 Å². The smallest absolute Gasteiger partial charge is 0.303 e. The van der Waals surface area contributed by atoms with Crippen molar-refractivity contribution >= 4 is 46.1 Å². The molecule has 0 radical (unpaired) electrons. The summed E-state index contributed by atoms with van der Waals surface area (Å²) < 4.78 is 8.91. The summed E-state index contributed by atoms with van der Waals surface area (Å²) in [4.78, 5) is 12.0. The number of carbonyl (C=O) groups is 1. The number of aliphatic hydroxyl groups is 1. The molecule has 4 atom stereocenters. The molecule has 0 bridgehead atoms. The average molecular weight is 651 g/mol. The van der Waals surface area contributed by atoms with E-state index in [2.05, 4.69) is 143 Å². The maximum atomic E-state index is 11.2. The molecule has 46 heavy (non-hydrogen) atoms. The molecule has 1 heterocycles. The molecule has 1 fully saturated rings. The molecule has 0 amide bonds. The number of aliphatic hydroxyl groups excluding tert-OH is 1. The van der Waals surface area contributed by atoms with E-state index in [4.69, 9.17) is 9.53 Å². The normalized spacial score (nSPS) is 19.8. The quantitative estimate of drug-likeness (QED) is 0.0862. The minimum Gasteiger partial charge on any atom is -0.481 e. The van der Waals surface area contributed by atoms with Gasteiger partial charge in [-0.3, -0.25) is 4.79 Å². The fourth-order valence-corrected chi connectivity index (χ4v) is 12.6. The van der Waals surface area contributed by atoms with Crippen LogP contribution in [0.1, 0.15) is 63.9 Å². The summed E-state index contributed by atoms with van der Waals surface area (Å²) in [6.45, 7) is 11.2. The number of fused-ring (bicyclic) bond motifs is 1. The second-order valence-corrected chi connectivity index (χ2v) is 18.7. The SMILES string of the molecule is C=C1C[C@@H](O)[C@H](C=CC(O[Si](c2ccccc2)(c2ccccc2)C(C)(C)C)c2cc3ccccc3s2)[C@H]1CC=CCCCC(=O)O. The predicted octanol–water partition coefficient (Wildman–Crippen LogP) is 8.83. The van der Waals surface area contributed by atoms with Gasteiger partial charge in [-0.25, -0.2) is 0 Å². The highest BCUT2D eigenvalue weighted by molar-refractivity contribution is 7.19. The maximum absolute atomic E-state index is 11.2. The topological polar surface area (TPSA) is 66.8 Å². The van der Waals surface area contributed by atoms with Gasteiger partial charge in [0.1, 0.15) is 0 Å². The van der Waals surface area contributed by atoms with Crippen molar-refractivity contribution in [1.82, 2.24) is 0 Å². The Morgan fingerprint density at radius 1 is 1.00 bits per heavy atom. The molecule has 1 unspecified atom stereocenters. The van der Waals surface area contributed by atoms with Crippen molar-refractivity contribution in [3.63, 3.8) is 0 Å². The van der Waals surface area contributed by atoms with Crippen LogP contribution in [0.15, 0.2) is 127 Å². The lowest BCUT2D eigenvalue weighted by molar-refractivity contribution is -0.137. The molecule has 5 rings (SSSR count). The van der Waals surface area contributed by atoms with E-state index in [0.717, 1.165) is 23.3 Å². The van der Waals surface area contributed by atoms with Gasteiger partial charge in [0.2, 0.25) is 0 Å². The molecule has 3 aromatic carbocycles. The highest BCUT2D eigenvalue weighted by Gasteiger charge is 2.51. The Balaban J connectivity index is 1.54. The van der Waals surface area contributed by atoms with Crippen LogP contribution in [0.2, 0.25) is 5.04 Å². The molecule has 4 nitrogen and oxygen atoms in total. The number of benzene rings is 3. The van der Waals surface area contributed by atoms with Gasteiger partial charge < -0.3 is 14.6 Å². The Hall–Kier alpha value is -3.55. The van der Waals surface area contributed by atoms with Gasteiger partial charge in [-0.1, -0.05) is 136 Å². The lowest BCUT2D eigenvalue weighted by atomic mass is 9.89.